The van der Waals surface area contributed by atoms with Crippen LogP contribution in [0.1, 0.15) is 31.2 Å². The van der Waals surface area contributed by atoms with Crippen LogP contribution in [0.4, 0.5) is 4.39 Å². The van der Waals surface area contributed by atoms with E-state index in [-0.39, 0.29) is 11.7 Å². The van der Waals surface area contributed by atoms with E-state index in [0.717, 1.165) is 37.9 Å². The molecule has 0 radical (unpaired) electrons. The highest BCUT2D eigenvalue weighted by Gasteiger charge is 2.14. The molecule has 1 aromatic carbocycles. The molecule has 0 aliphatic carbocycles. The zero-order chi connectivity index (χ0) is 15.1. The van der Waals surface area contributed by atoms with Gasteiger partial charge < -0.3 is 15.4 Å². The summed E-state index contributed by atoms with van der Waals surface area (Å²) in [6, 6.07) is 4.73. The minimum absolute atomic E-state index is 0.0322. The Morgan fingerprint density at radius 3 is 2.86 bits per heavy atom. The summed E-state index contributed by atoms with van der Waals surface area (Å²) >= 11 is 0. The van der Waals surface area contributed by atoms with Crippen LogP contribution in [0.2, 0.25) is 0 Å². The number of ether oxygens (including phenoxy) is 1. The van der Waals surface area contributed by atoms with Gasteiger partial charge in [-0.3, -0.25) is 4.79 Å². The van der Waals surface area contributed by atoms with Crippen molar-refractivity contribution in [3.8, 4) is 5.75 Å². The molecular formula is C16H23FN2O2. The van der Waals surface area contributed by atoms with Gasteiger partial charge in [-0.15, -0.1) is 0 Å². The summed E-state index contributed by atoms with van der Waals surface area (Å²) in [4.78, 5) is 11.8. The SMILES string of the molecule is COc1ccc(CNC(=O)CCC2CCNCC2)cc1F. The summed E-state index contributed by atoms with van der Waals surface area (Å²) in [7, 11) is 1.43. The van der Waals surface area contributed by atoms with Crippen molar-refractivity contribution in [3.63, 3.8) is 0 Å². The lowest BCUT2D eigenvalue weighted by atomic mass is 9.93. The lowest BCUT2D eigenvalue weighted by Crippen LogP contribution is -2.29. The lowest BCUT2D eigenvalue weighted by Gasteiger charge is -2.22. The molecule has 1 aliphatic heterocycles. The van der Waals surface area contributed by atoms with Crippen LogP contribution >= 0.6 is 0 Å². The van der Waals surface area contributed by atoms with Crippen molar-refractivity contribution in [2.75, 3.05) is 20.2 Å². The summed E-state index contributed by atoms with van der Waals surface area (Å²) < 4.78 is 18.4. The van der Waals surface area contributed by atoms with E-state index in [1.54, 1.807) is 12.1 Å². The number of piperidine rings is 1. The van der Waals surface area contributed by atoms with Crippen LogP contribution in [0.5, 0.6) is 5.75 Å². The molecule has 2 rings (SSSR count). The normalized spacial score (nSPS) is 15.7. The highest BCUT2D eigenvalue weighted by atomic mass is 19.1. The Hall–Kier alpha value is -1.62. The molecule has 1 aliphatic rings. The molecule has 2 N–H and O–H groups in total. The number of carbonyl (C=O) groups is 1. The zero-order valence-corrected chi connectivity index (χ0v) is 12.5. The van der Waals surface area contributed by atoms with Gasteiger partial charge in [0.2, 0.25) is 5.91 Å². The van der Waals surface area contributed by atoms with Crippen molar-refractivity contribution in [2.24, 2.45) is 5.92 Å². The first-order valence-corrected chi connectivity index (χ1v) is 7.49. The van der Waals surface area contributed by atoms with E-state index in [1.165, 1.54) is 13.2 Å². The molecule has 0 bridgehead atoms. The number of halogens is 1. The summed E-state index contributed by atoms with van der Waals surface area (Å²) in [6.45, 7) is 2.46. The van der Waals surface area contributed by atoms with Crippen molar-refractivity contribution in [2.45, 2.75) is 32.2 Å². The summed E-state index contributed by atoms with van der Waals surface area (Å²) in [5.74, 6) is 0.495. The number of carbonyl (C=O) groups excluding carboxylic acids is 1. The number of hydrogen-bond acceptors (Lipinski definition) is 3. The van der Waals surface area contributed by atoms with Crippen molar-refractivity contribution < 1.29 is 13.9 Å². The number of methoxy groups -OCH3 is 1. The van der Waals surface area contributed by atoms with E-state index in [1.807, 2.05) is 0 Å². The van der Waals surface area contributed by atoms with Crippen LogP contribution in [0.25, 0.3) is 0 Å². The van der Waals surface area contributed by atoms with E-state index in [4.69, 9.17) is 4.74 Å². The van der Waals surface area contributed by atoms with Gasteiger partial charge >= 0.3 is 0 Å². The summed E-state index contributed by atoms with van der Waals surface area (Å²) in [5, 5.41) is 6.16. The fourth-order valence-corrected chi connectivity index (χ4v) is 2.61. The van der Waals surface area contributed by atoms with Crippen LogP contribution in [-0.2, 0) is 11.3 Å². The third-order valence-corrected chi connectivity index (χ3v) is 3.94. The van der Waals surface area contributed by atoms with Gasteiger partial charge in [-0.25, -0.2) is 4.39 Å². The molecule has 21 heavy (non-hydrogen) atoms. The molecule has 1 aromatic rings. The largest absolute Gasteiger partial charge is 0.494 e. The fourth-order valence-electron chi connectivity index (χ4n) is 2.61. The molecule has 0 atom stereocenters. The van der Waals surface area contributed by atoms with Crippen LogP contribution < -0.4 is 15.4 Å². The Kier molecular flexibility index (Phi) is 5.99. The van der Waals surface area contributed by atoms with E-state index >= 15 is 0 Å². The molecule has 0 aromatic heterocycles. The maximum atomic E-state index is 13.5. The number of benzene rings is 1. The standard InChI is InChI=1S/C16H23FN2O2/c1-21-15-4-2-13(10-14(15)17)11-19-16(20)5-3-12-6-8-18-9-7-12/h2,4,10,12,18H,3,5-9,11H2,1H3,(H,19,20). The highest BCUT2D eigenvalue weighted by molar-refractivity contribution is 5.75. The Morgan fingerprint density at radius 2 is 2.19 bits per heavy atom. The lowest BCUT2D eigenvalue weighted by molar-refractivity contribution is -0.121. The summed E-state index contributed by atoms with van der Waals surface area (Å²) in [6.07, 6.45) is 3.78. The minimum Gasteiger partial charge on any atom is -0.494 e. The molecule has 0 saturated carbocycles. The van der Waals surface area contributed by atoms with Gasteiger partial charge in [0.25, 0.3) is 0 Å². The van der Waals surface area contributed by atoms with E-state index in [2.05, 4.69) is 10.6 Å². The molecule has 1 fully saturated rings. The first-order chi connectivity index (χ1) is 10.2. The molecule has 1 heterocycles. The Balaban J connectivity index is 1.71. The van der Waals surface area contributed by atoms with Crippen LogP contribution in [0.15, 0.2) is 18.2 Å². The first-order valence-electron chi connectivity index (χ1n) is 7.49. The Morgan fingerprint density at radius 1 is 1.43 bits per heavy atom. The number of nitrogens with one attached hydrogen (secondary N) is 2. The number of rotatable bonds is 6. The summed E-state index contributed by atoms with van der Waals surface area (Å²) in [5.41, 5.74) is 0.739. The molecule has 4 nitrogen and oxygen atoms in total. The average Bonchev–Trinajstić information content (AvgIpc) is 2.52. The van der Waals surface area contributed by atoms with Crippen molar-refractivity contribution in [3.05, 3.63) is 29.6 Å². The smallest absolute Gasteiger partial charge is 0.220 e. The number of amides is 1. The maximum Gasteiger partial charge on any atom is 0.220 e. The first kappa shape index (κ1) is 15.8. The van der Waals surface area contributed by atoms with Gasteiger partial charge in [0.05, 0.1) is 7.11 Å². The fraction of sp³-hybridized carbons (Fsp3) is 0.562. The topological polar surface area (TPSA) is 50.4 Å². The van der Waals surface area contributed by atoms with Gasteiger partial charge in [-0.2, -0.15) is 0 Å². The van der Waals surface area contributed by atoms with Gasteiger partial charge in [0.15, 0.2) is 11.6 Å². The van der Waals surface area contributed by atoms with Gasteiger partial charge in [-0.05, 0) is 56.0 Å². The van der Waals surface area contributed by atoms with Crippen molar-refractivity contribution >= 4 is 5.91 Å². The Bertz CT molecular complexity index is 473. The monoisotopic (exact) mass is 294 g/mol. The quantitative estimate of drug-likeness (QED) is 0.846. The second-order valence-corrected chi connectivity index (χ2v) is 5.48. The zero-order valence-electron chi connectivity index (χ0n) is 12.5. The van der Waals surface area contributed by atoms with E-state index in [0.29, 0.717) is 18.9 Å². The van der Waals surface area contributed by atoms with Crippen LogP contribution in [0, 0.1) is 11.7 Å². The number of hydrogen-bond donors (Lipinski definition) is 2. The van der Waals surface area contributed by atoms with Crippen LogP contribution in [-0.4, -0.2) is 26.1 Å². The highest BCUT2D eigenvalue weighted by Crippen LogP contribution is 2.18. The van der Waals surface area contributed by atoms with Crippen molar-refractivity contribution in [1.82, 2.24) is 10.6 Å². The second-order valence-electron chi connectivity index (χ2n) is 5.48. The molecule has 0 spiro atoms. The predicted molar refractivity (Wildman–Crippen MR) is 79.6 cm³/mol. The van der Waals surface area contributed by atoms with Gasteiger partial charge in [0.1, 0.15) is 0 Å². The predicted octanol–water partition coefficient (Wildman–Crippen LogP) is 2.23. The molecule has 5 heteroatoms. The second kappa shape index (κ2) is 7.98. The Labute approximate surface area is 125 Å². The van der Waals surface area contributed by atoms with Gasteiger partial charge in [-0.1, -0.05) is 6.07 Å². The van der Waals surface area contributed by atoms with Crippen molar-refractivity contribution in [1.29, 1.82) is 0 Å². The molecule has 0 unspecified atom stereocenters. The third-order valence-electron chi connectivity index (χ3n) is 3.94. The third kappa shape index (κ3) is 5.01. The molecule has 1 amide bonds. The molecule has 1 saturated heterocycles. The van der Waals surface area contributed by atoms with Crippen LogP contribution in [0.3, 0.4) is 0 Å². The van der Waals surface area contributed by atoms with E-state index < -0.39 is 5.82 Å². The van der Waals surface area contributed by atoms with E-state index in [9.17, 15) is 9.18 Å². The maximum absolute atomic E-state index is 13.5. The minimum atomic E-state index is -0.404. The molecule has 116 valence electrons. The van der Waals surface area contributed by atoms with Gasteiger partial charge in [0, 0.05) is 13.0 Å². The average molecular weight is 294 g/mol. The molecular weight excluding hydrogens is 271 g/mol.